The van der Waals surface area contributed by atoms with Gasteiger partial charge in [0.1, 0.15) is 23.9 Å². The Bertz CT molecular complexity index is 1590. The van der Waals surface area contributed by atoms with Gasteiger partial charge in [0.2, 0.25) is 23.6 Å². The molecule has 0 spiro atoms. The maximum Gasteiger partial charge on any atom is 0.326 e. The van der Waals surface area contributed by atoms with Gasteiger partial charge in [-0.2, -0.15) is 0 Å². The maximum atomic E-state index is 13.7. The quantitative estimate of drug-likeness (QED) is 0.0447. The summed E-state index contributed by atoms with van der Waals surface area (Å²) in [6.45, 7) is 0.113. The first-order valence-electron chi connectivity index (χ1n) is 14.9. The molecule has 4 amide bonds. The summed E-state index contributed by atoms with van der Waals surface area (Å²) < 4.78 is 0. The summed E-state index contributed by atoms with van der Waals surface area (Å²) in [6.07, 6.45) is 1.56. The number of hydrogen-bond acceptors (Lipinski definition) is 8. The molecule has 0 radical (unpaired) electrons. The molecule has 16 heteroatoms. The number of primary amides is 1. The van der Waals surface area contributed by atoms with Gasteiger partial charge in [0.05, 0.1) is 6.04 Å². The number of phenolic OH excluding ortho intramolecular Hbond substituents is 1. The normalized spacial score (nSPS) is 13.5. The topological polar surface area (TPSA) is 294 Å². The summed E-state index contributed by atoms with van der Waals surface area (Å²) in [7, 11) is 0. The molecule has 14 N–H and O–H groups in total. The Morgan fingerprint density at radius 2 is 1.45 bits per heavy atom. The number of H-pyrrole nitrogens is 1. The molecule has 0 saturated carbocycles. The fourth-order valence-corrected chi connectivity index (χ4v) is 4.85. The van der Waals surface area contributed by atoms with Crippen molar-refractivity contribution >= 4 is 46.5 Å². The number of aliphatic carboxylic acids is 1. The smallest absolute Gasteiger partial charge is 0.326 e. The third-order valence-electron chi connectivity index (χ3n) is 7.33. The molecule has 47 heavy (non-hydrogen) atoms. The van der Waals surface area contributed by atoms with E-state index in [0.717, 1.165) is 16.5 Å². The number of carboxylic acid groups (broad SMARTS) is 1. The molecule has 2 aromatic carbocycles. The van der Waals surface area contributed by atoms with Crippen LogP contribution in [0.25, 0.3) is 10.9 Å². The first-order chi connectivity index (χ1) is 22.3. The van der Waals surface area contributed by atoms with Crippen molar-refractivity contribution < 1.29 is 34.2 Å². The number of guanidine groups is 1. The van der Waals surface area contributed by atoms with Gasteiger partial charge in [-0.1, -0.05) is 30.3 Å². The number of aromatic hydroxyl groups is 1. The second kappa shape index (κ2) is 17.2. The van der Waals surface area contributed by atoms with Crippen molar-refractivity contribution in [3.8, 4) is 5.75 Å². The largest absolute Gasteiger partial charge is 0.508 e. The third kappa shape index (κ3) is 11.3. The van der Waals surface area contributed by atoms with Gasteiger partial charge < -0.3 is 54.1 Å². The average Bonchev–Trinajstić information content (AvgIpc) is 3.43. The van der Waals surface area contributed by atoms with Crippen LogP contribution in [-0.4, -0.2) is 81.5 Å². The molecule has 0 bridgehead atoms. The highest BCUT2D eigenvalue weighted by molar-refractivity contribution is 5.94. The first-order valence-corrected chi connectivity index (χ1v) is 14.9. The Hall–Kier alpha value is -5.64. The molecular formula is C31H41N9O7. The van der Waals surface area contributed by atoms with Crippen LogP contribution in [0.2, 0.25) is 0 Å². The molecule has 0 aliphatic carbocycles. The number of rotatable bonds is 18. The number of benzene rings is 2. The van der Waals surface area contributed by atoms with Crippen LogP contribution in [0.15, 0.2) is 59.7 Å². The van der Waals surface area contributed by atoms with Gasteiger partial charge in [-0.3, -0.25) is 24.2 Å². The number of phenols is 1. The molecular weight excluding hydrogens is 610 g/mol. The molecule has 16 nitrogen and oxygen atoms in total. The number of carboxylic acids is 1. The van der Waals surface area contributed by atoms with Gasteiger partial charge in [0.25, 0.3) is 0 Å². The first kappa shape index (κ1) is 35.8. The Morgan fingerprint density at radius 1 is 0.809 bits per heavy atom. The van der Waals surface area contributed by atoms with Crippen LogP contribution in [0.1, 0.15) is 36.8 Å². The number of nitrogens with two attached hydrogens (primary N) is 4. The van der Waals surface area contributed by atoms with E-state index in [4.69, 9.17) is 22.9 Å². The summed E-state index contributed by atoms with van der Waals surface area (Å²) >= 11 is 0. The van der Waals surface area contributed by atoms with Gasteiger partial charge in [-0.25, -0.2) is 4.79 Å². The van der Waals surface area contributed by atoms with Gasteiger partial charge in [-0.15, -0.1) is 0 Å². The molecule has 4 atom stereocenters. The van der Waals surface area contributed by atoms with Gasteiger partial charge in [-0.05, 0) is 55.0 Å². The zero-order valence-corrected chi connectivity index (χ0v) is 25.6. The minimum absolute atomic E-state index is 0.00127. The second-order valence-corrected chi connectivity index (χ2v) is 11.0. The fourth-order valence-electron chi connectivity index (χ4n) is 4.85. The summed E-state index contributed by atoms with van der Waals surface area (Å²) in [5, 5.41) is 27.8. The molecule has 1 heterocycles. The lowest BCUT2D eigenvalue weighted by Gasteiger charge is -2.25. The van der Waals surface area contributed by atoms with E-state index in [1.807, 2.05) is 24.3 Å². The Kier molecular flexibility index (Phi) is 13.1. The van der Waals surface area contributed by atoms with Crippen LogP contribution in [0.5, 0.6) is 5.75 Å². The monoisotopic (exact) mass is 651 g/mol. The highest BCUT2D eigenvalue weighted by Gasteiger charge is 2.31. The van der Waals surface area contributed by atoms with E-state index in [1.54, 1.807) is 18.3 Å². The molecule has 4 unspecified atom stereocenters. The van der Waals surface area contributed by atoms with Gasteiger partial charge >= 0.3 is 5.97 Å². The van der Waals surface area contributed by atoms with Crippen LogP contribution in [0.3, 0.4) is 0 Å². The molecule has 0 aliphatic rings. The van der Waals surface area contributed by atoms with Gasteiger partial charge in [0.15, 0.2) is 5.96 Å². The summed E-state index contributed by atoms with van der Waals surface area (Å²) in [6, 6.07) is 8.53. The number of aromatic amines is 1. The summed E-state index contributed by atoms with van der Waals surface area (Å²) in [4.78, 5) is 70.3. The highest BCUT2D eigenvalue weighted by Crippen LogP contribution is 2.19. The summed E-state index contributed by atoms with van der Waals surface area (Å²) in [5.41, 5.74) is 24.4. The van der Waals surface area contributed by atoms with Crippen LogP contribution >= 0.6 is 0 Å². The van der Waals surface area contributed by atoms with Crippen molar-refractivity contribution in [2.75, 3.05) is 6.54 Å². The van der Waals surface area contributed by atoms with Crippen molar-refractivity contribution in [3.05, 3.63) is 65.9 Å². The Labute approximate surface area is 270 Å². The van der Waals surface area contributed by atoms with E-state index in [1.165, 1.54) is 12.1 Å². The zero-order valence-electron chi connectivity index (χ0n) is 25.6. The van der Waals surface area contributed by atoms with E-state index in [-0.39, 0.29) is 56.8 Å². The lowest BCUT2D eigenvalue weighted by atomic mass is 10.0. The predicted molar refractivity (Wildman–Crippen MR) is 174 cm³/mol. The minimum atomic E-state index is -1.46. The number of aliphatic imine (C=N–C) groups is 1. The van der Waals surface area contributed by atoms with Crippen LogP contribution in [0, 0.1) is 0 Å². The van der Waals surface area contributed by atoms with Crippen LogP contribution < -0.4 is 38.9 Å². The second-order valence-electron chi connectivity index (χ2n) is 11.0. The van der Waals surface area contributed by atoms with Gasteiger partial charge in [0, 0.05) is 36.5 Å². The number of carbonyl (C=O) groups is 5. The standard InChI is InChI=1S/C31H41N9O7/c32-21(15-18-16-37-22-5-2-1-4-20(18)22)27(43)40-25(14-17-7-9-19(41)10-8-17)29(45)38-23(6-3-13-36-31(34)35)28(44)39-24(30(46)47)11-12-26(33)42/h1-2,4-5,7-10,16,21,23-25,37,41H,3,6,11-15,32H2,(H2,33,42)(H,38,45)(H,39,44)(H,40,43)(H,46,47)(H4,34,35,36). The molecule has 0 fully saturated rings. The number of hydrogen-bond donors (Lipinski definition) is 10. The van der Waals surface area contributed by atoms with Crippen molar-refractivity contribution in [1.29, 1.82) is 0 Å². The number of para-hydroxylation sites is 1. The lowest BCUT2D eigenvalue weighted by molar-refractivity contribution is -0.142. The van der Waals surface area contributed by atoms with Crippen LogP contribution in [0.4, 0.5) is 0 Å². The Morgan fingerprint density at radius 3 is 2.11 bits per heavy atom. The van der Waals surface area contributed by atoms with E-state index in [2.05, 4.69) is 25.9 Å². The number of amides is 4. The lowest BCUT2D eigenvalue weighted by Crippen LogP contribution is -2.57. The maximum absolute atomic E-state index is 13.7. The SMILES string of the molecule is NC(=O)CCC(NC(=O)C(CCCN=C(N)N)NC(=O)C(Cc1ccc(O)cc1)NC(=O)C(N)Cc1c[nH]c2ccccc12)C(=O)O. The van der Waals surface area contributed by atoms with E-state index in [9.17, 15) is 34.2 Å². The molecule has 3 rings (SSSR count). The molecule has 0 aliphatic heterocycles. The molecule has 252 valence electrons. The number of aromatic nitrogens is 1. The Balaban J connectivity index is 1.81. The van der Waals surface area contributed by atoms with Crippen LogP contribution in [-0.2, 0) is 36.8 Å². The van der Waals surface area contributed by atoms with Crippen molar-refractivity contribution in [1.82, 2.24) is 20.9 Å². The highest BCUT2D eigenvalue weighted by atomic mass is 16.4. The number of fused-ring (bicyclic) bond motifs is 1. The summed E-state index contributed by atoms with van der Waals surface area (Å²) in [5.74, 6) is -4.53. The minimum Gasteiger partial charge on any atom is -0.508 e. The third-order valence-corrected chi connectivity index (χ3v) is 7.33. The number of nitrogens with one attached hydrogen (secondary N) is 4. The fraction of sp³-hybridized carbons (Fsp3) is 0.355. The van der Waals surface area contributed by atoms with Crippen molar-refractivity contribution in [2.24, 2.45) is 27.9 Å². The molecule has 3 aromatic rings. The van der Waals surface area contributed by atoms with E-state index in [0.29, 0.717) is 5.56 Å². The predicted octanol–water partition coefficient (Wildman–Crippen LogP) is -1.16. The van der Waals surface area contributed by atoms with Crippen molar-refractivity contribution in [2.45, 2.75) is 62.7 Å². The van der Waals surface area contributed by atoms with E-state index < -0.39 is 53.8 Å². The molecule has 1 aromatic heterocycles. The molecule has 0 saturated heterocycles. The van der Waals surface area contributed by atoms with Crippen molar-refractivity contribution in [3.63, 3.8) is 0 Å². The zero-order chi connectivity index (χ0) is 34.5. The number of carbonyl (C=O) groups excluding carboxylic acids is 4. The number of nitrogens with zero attached hydrogens (tertiary/aromatic N) is 1. The average molecular weight is 652 g/mol. The van der Waals surface area contributed by atoms with E-state index >= 15 is 0 Å².